The van der Waals surface area contributed by atoms with Crippen molar-refractivity contribution in [3.63, 3.8) is 0 Å². The Morgan fingerprint density at radius 3 is 1.80 bits per heavy atom. The van der Waals surface area contributed by atoms with Crippen LogP contribution in [0.5, 0.6) is 0 Å². The van der Waals surface area contributed by atoms with Gasteiger partial charge in [-0.15, -0.1) is 11.3 Å². The minimum atomic E-state index is 1.15. The number of anilines is 3. The van der Waals surface area contributed by atoms with Crippen molar-refractivity contribution in [2.24, 2.45) is 0 Å². The van der Waals surface area contributed by atoms with Gasteiger partial charge in [-0.3, -0.25) is 0 Å². The van der Waals surface area contributed by atoms with Gasteiger partial charge in [-0.2, -0.15) is 0 Å². The summed E-state index contributed by atoms with van der Waals surface area (Å²) >= 11 is 1.89. The molecule has 1 aromatic heterocycles. The van der Waals surface area contributed by atoms with Crippen LogP contribution in [0.3, 0.4) is 0 Å². The van der Waals surface area contributed by atoms with E-state index in [1.54, 1.807) is 0 Å². The highest BCUT2D eigenvalue weighted by Crippen LogP contribution is 2.47. The van der Waals surface area contributed by atoms with Crippen molar-refractivity contribution in [1.82, 2.24) is 0 Å². The SMILES string of the molecule is c1ccc(N(c2ccccc2)c2cc3c4cc(-c5cccc6ccccc56)ccc4sc3c3ccccc23)cc1. The molecule has 40 heavy (non-hydrogen) atoms. The minimum Gasteiger partial charge on any atom is -0.310 e. The van der Waals surface area contributed by atoms with Crippen LogP contribution in [-0.4, -0.2) is 0 Å². The molecular formula is C38H25NS. The van der Waals surface area contributed by atoms with E-state index in [-0.39, 0.29) is 0 Å². The van der Waals surface area contributed by atoms with Crippen LogP contribution in [0.4, 0.5) is 17.1 Å². The van der Waals surface area contributed by atoms with Crippen molar-refractivity contribution in [3.05, 3.63) is 152 Å². The first-order valence-corrected chi connectivity index (χ1v) is 14.4. The summed E-state index contributed by atoms with van der Waals surface area (Å²) < 4.78 is 2.65. The standard InChI is InChI=1S/C38H25NS/c1-3-14-28(15-4-1)39(29-16-5-2-6-17-29)36-25-35-34-24-27(31-21-11-13-26-12-7-8-18-30(26)31)22-23-37(34)40-38(35)33-20-10-9-19-32(33)36/h1-25H. The summed E-state index contributed by atoms with van der Waals surface area (Å²) in [5.74, 6) is 0. The van der Waals surface area contributed by atoms with Crippen molar-refractivity contribution >= 4 is 70.1 Å². The van der Waals surface area contributed by atoms with Gasteiger partial charge in [-0.25, -0.2) is 0 Å². The summed E-state index contributed by atoms with van der Waals surface area (Å²) in [6.45, 7) is 0. The lowest BCUT2D eigenvalue weighted by Gasteiger charge is -2.27. The molecule has 0 atom stereocenters. The molecule has 8 rings (SSSR count). The Hall–Kier alpha value is -4.92. The van der Waals surface area contributed by atoms with Gasteiger partial charge < -0.3 is 4.90 Å². The summed E-state index contributed by atoms with van der Waals surface area (Å²) in [6.07, 6.45) is 0. The summed E-state index contributed by atoms with van der Waals surface area (Å²) in [7, 11) is 0. The predicted molar refractivity (Wildman–Crippen MR) is 174 cm³/mol. The molecule has 188 valence electrons. The molecule has 0 aliphatic rings. The minimum absolute atomic E-state index is 1.15. The van der Waals surface area contributed by atoms with Crippen LogP contribution in [0, 0.1) is 0 Å². The highest BCUT2D eigenvalue weighted by atomic mass is 32.1. The van der Waals surface area contributed by atoms with E-state index in [9.17, 15) is 0 Å². The highest BCUT2D eigenvalue weighted by Gasteiger charge is 2.19. The molecule has 0 saturated heterocycles. The van der Waals surface area contributed by atoms with Crippen molar-refractivity contribution in [2.45, 2.75) is 0 Å². The van der Waals surface area contributed by atoms with Crippen LogP contribution in [0.25, 0.3) is 52.8 Å². The summed E-state index contributed by atoms with van der Waals surface area (Å²) in [5.41, 5.74) is 6.01. The highest BCUT2D eigenvalue weighted by molar-refractivity contribution is 7.26. The Morgan fingerprint density at radius 1 is 0.425 bits per heavy atom. The van der Waals surface area contributed by atoms with Gasteiger partial charge in [0.1, 0.15) is 0 Å². The molecule has 0 radical (unpaired) electrons. The second-order valence-corrected chi connectivity index (χ2v) is 11.2. The number of thiophene rings is 1. The summed E-state index contributed by atoms with van der Waals surface area (Å²) in [5, 5.41) is 7.70. The largest absolute Gasteiger partial charge is 0.310 e. The Morgan fingerprint density at radius 2 is 1.05 bits per heavy atom. The number of para-hydroxylation sites is 2. The van der Waals surface area contributed by atoms with E-state index in [2.05, 4.69) is 157 Å². The van der Waals surface area contributed by atoms with Gasteiger partial charge in [0.05, 0.1) is 5.69 Å². The first kappa shape index (κ1) is 23.0. The fourth-order valence-electron chi connectivity index (χ4n) is 5.99. The number of fused-ring (bicyclic) bond motifs is 6. The number of nitrogens with zero attached hydrogens (tertiary/aromatic N) is 1. The lowest BCUT2D eigenvalue weighted by atomic mass is 9.96. The van der Waals surface area contributed by atoms with Crippen molar-refractivity contribution < 1.29 is 0 Å². The fourth-order valence-corrected chi connectivity index (χ4v) is 7.19. The van der Waals surface area contributed by atoms with Crippen LogP contribution >= 0.6 is 11.3 Å². The first-order valence-electron chi connectivity index (χ1n) is 13.6. The Kier molecular flexibility index (Phi) is 5.39. The fraction of sp³-hybridized carbons (Fsp3) is 0. The maximum Gasteiger partial charge on any atom is 0.0547 e. The Labute approximate surface area is 237 Å². The molecule has 0 bridgehead atoms. The molecule has 0 amide bonds. The molecule has 0 aliphatic carbocycles. The lowest BCUT2D eigenvalue weighted by molar-refractivity contribution is 1.30. The van der Waals surface area contributed by atoms with Crippen molar-refractivity contribution in [2.75, 3.05) is 4.90 Å². The van der Waals surface area contributed by atoms with E-state index in [0.717, 1.165) is 11.4 Å². The molecule has 0 aliphatic heterocycles. The second kappa shape index (κ2) is 9.37. The molecule has 1 nitrogen and oxygen atoms in total. The van der Waals surface area contributed by atoms with Gasteiger partial charge in [-0.05, 0) is 64.4 Å². The smallest absolute Gasteiger partial charge is 0.0547 e. The van der Waals surface area contributed by atoms with Crippen molar-refractivity contribution in [3.8, 4) is 11.1 Å². The zero-order valence-electron chi connectivity index (χ0n) is 21.8. The monoisotopic (exact) mass is 527 g/mol. The normalized spacial score (nSPS) is 11.5. The molecule has 0 saturated carbocycles. The second-order valence-electron chi connectivity index (χ2n) is 10.2. The molecule has 0 N–H and O–H groups in total. The molecular weight excluding hydrogens is 502 g/mol. The van der Waals surface area contributed by atoms with Crippen molar-refractivity contribution in [1.29, 1.82) is 0 Å². The number of benzene rings is 7. The van der Waals surface area contributed by atoms with Gasteiger partial charge in [0, 0.05) is 42.3 Å². The third-order valence-corrected chi connectivity index (χ3v) is 9.05. The van der Waals surface area contributed by atoms with E-state index in [0.29, 0.717) is 0 Å². The molecule has 0 unspecified atom stereocenters. The first-order chi connectivity index (χ1) is 19.8. The molecule has 8 aromatic rings. The zero-order chi connectivity index (χ0) is 26.5. The van der Waals surface area contributed by atoms with Crippen LogP contribution in [0.2, 0.25) is 0 Å². The number of hydrogen-bond acceptors (Lipinski definition) is 2. The van der Waals surface area contributed by atoms with Crippen LogP contribution in [0.1, 0.15) is 0 Å². The third kappa shape index (κ3) is 3.69. The lowest BCUT2D eigenvalue weighted by Crippen LogP contribution is -2.10. The van der Waals surface area contributed by atoms with E-state index in [1.807, 2.05) is 11.3 Å². The summed E-state index contributed by atoms with van der Waals surface area (Å²) in [4.78, 5) is 2.39. The maximum atomic E-state index is 2.41. The molecule has 2 heteroatoms. The zero-order valence-corrected chi connectivity index (χ0v) is 22.6. The van der Waals surface area contributed by atoms with E-state index in [1.165, 1.54) is 58.5 Å². The average molecular weight is 528 g/mol. The Balaban J connectivity index is 1.43. The van der Waals surface area contributed by atoms with Crippen LogP contribution < -0.4 is 4.90 Å². The van der Waals surface area contributed by atoms with E-state index in [4.69, 9.17) is 0 Å². The molecule has 0 spiro atoms. The molecule has 7 aromatic carbocycles. The van der Waals surface area contributed by atoms with Gasteiger partial charge in [0.15, 0.2) is 0 Å². The number of hydrogen-bond donors (Lipinski definition) is 0. The van der Waals surface area contributed by atoms with Crippen LogP contribution in [0.15, 0.2) is 152 Å². The van der Waals surface area contributed by atoms with Gasteiger partial charge in [0.25, 0.3) is 0 Å². The van der Waals surface area contributed by atoms with Gasteiger partial charge in [0.2, 0.25) is 0 Å². The quantitative estimate of drug-likeness (QED) is 0.220. The average Bonchev–Trinajstić information content (AvgIpc) is 3.40. The maximum absolute atomic E-state index is 2.41. The van der Waals surface area contributed by atoms with Gasteiger partial charge in [-0.1, -0.05) is 109 Å². The predicted octanol–water partition coefficient (Wildman–Crippen LogP) is 11.5. The molecule has 0 fully saturated rings. The number of rotatable bonds is 4. The van der Waals surface area contributed by atoms with E-state index < -0.39 is 0 Å². The van der Waals surface area contributed by atoms with Gasteiger partial charge >= 0.3 is 0 Å². The third-order valence-electron chi connectivity index (χ3n) is 7.83. The van der Waals surface area contributed by atoms with Crippen LogP contribution in [-0.2, 0) is 0 Å². The van der Waals surface area contributed by atoms with E-state index >= 15 is 0 Å². The molecule has 1 heterocycles. The topological polar surface area (TPSA) is 3.24 Å². The summed E-state index contributed by atoms with van der Waals surface area (Å²) in [6, 6.07) is 54.9. The Bertz CT molecular complexity index is 2120.